The molecule has 88 valence electrons. The summed E-state index contributed by atoms with van der Waals surface area (Å²) in [6, 6.07) is 0.391. The quantitative estimate of drug-likeness (QED) is 0.651. The molecule has 0 saturated heterocycles. The SMILES string of the molecule is O=C(CCCO)N(CCCO)C1CCC1. The van der Waals surface area contributed by atoms with E-state index in [1.807, 2.05) is 4.90 Å². The molecule has 0 aromatic heterocycles. The Morgan fingerprint density at radius 1 is 1.20 bits per heavy atom. The first-order valence-corrected chi connectivity index (χ1v) is 5.80. The molecule has 4 nitrogen and oxygen atoms in total. The molecule has 0 atom stereocenters. The van der Waals surface area contributed by atoms with Crippen LogP contribution in [0.25, 0.3) is 0 Å². The maximum Gasteiger partial charge on any atom is 0.222 e. The van der Waals surface area contributed by atoms with Gasteiger partial charge in [0.2, 0.25) is 5.91 Å². The number of hydrogen-bond donors (Lipinski definition) is 2. The van der Waals surface area contributed by atoms with E-state index in [0.717, 1.165) is 12.8 Å². The third-order valence-electron chi connectivity index (χ3n) is 2.94. The Morgan fingerprint density at radius 3 is 2.33 bits per heavy atom. The third kappa shape index (κ3) is 3.80. The van der Waals surface area contributed by atoms with Crippen LogP contribution in [0.1, 0.15) is 38.5 Å². The highest BCUT2D eigenvalue weighted by atomic mass is 16.3. The Labute approximate surface area is 90.9 Å². The first kappa shape index (κ1) is 12.5. The Bertz CT molecular complexity index is 192. The summed E-state index contributed by atoms with van der Waals surface area (Å²) < 4.78 is 0. The van der Waals surface area contributed by atoms with Crippen LogP contribution in [0, 0.1) is 0 Å². The summed E-state index contributed by atoms with van der Waals surface area (Å²) in [5.41, 5.74) is 0. The van der Waals surface area contributed by atoms with E-state index in [1.165, 1.54) is 6.42 Å². The van der Waals surface area contributed by atoms with Gasteiger partial charge in [-0.05, 0) is 32.1 Å². The van der Waals surface area contributed by atoms with Crippen LogP contribution in [0.2, 0.25) is 0 Å². The fraction of sp³-hybridized carbons (Fsp3) is 0.909. The highest BCUT2D eigenvalue weighted by Gasteiger charge is 2.27. The van der Waals surface area contributed by atoms with Crippen molar-refractivity contribution in [1.29, 1.82) is 0 Å². The fourth-order valence-electron chi connectivity index (χ4n) is 1.82. The largest absolute Gasteiger partial charge is 0.396 e. The zero-order valence-corrected chi connectivity index (χ0v) is 9.19. The lowest BCUT2D eigenvalue weighted by Gasteiger charge is -2.37. The number of carbonyl (C=O) groups excluding carboxylic acids is 1. The molecule has 1 rings (SSSR count). The molecule has 2 N–H and O–H groups in total. The predicted molar refractivity (Wildman–Crippen MR) is 57.4 cm³/mol. The number of hydrogen-bond acceptors (Lipinski definition) is 3. The summed E-state index contributed by atoms with van der Waals surface area (Å²) in [7, 11) is 0. The molecule has 4 heteroatoms. The predicted octanol–water partition coefficient (Wildman–Crippen LogP) is 0.522. The van der Waals surface area contributed by atoms with Crippen molar-refractivity contribution in [1.82, 2.24) is 4.90 Å². The molecule has 1 aliphatic rings. The van der Waals surface area contributed by atoms with Crippen molar-refractivity contribution in [3.8, 4) is 0 Å². The molecule has 15 heavy (non-hydrogen) atoms. The molecular formula is C11H21NO3. The van der Waals surface area contributed by atoms with Gasteiger partial charge in [0.15, 0.2) is 0 Å². The molecule has 0 unspecified atom stereocenters. The zero-order valence-electron chi connectivity index (χ0n) is 9.19. The zero-order chi connectivity index (χ0) is 11.1. The van der Waals surface area contributed by atoms with E-state index in [1.54, 1.807) is 0 Å². The first-order valence-electron chi connectivity index (χ1n) is 5.80. The van der Waals surface area contributed by atoms with Gasteiger partial charge in [0.05, 0.1) is 0 Å². The van der Waals surface area contributed by atoms with Crippen molar-refractivity contribution in [2.45, 2.75) is 44.6 Å². The molecule has 0 bridgehead atoms. The van der Waals surface area contributed by atoms with E-state index in [0.29, 0.717) is 31.8 Å². The van der Waals surface area contributed by atoms with Crippen LogP contribution < -0.4 is 0 Å². The maximum absolute atomic E-state index is 11.8. The van der Waals surface area contributed by atoms with Crippen molar-refractivity contribution in [3.05, 3.63) is 0 Å². The van der Waals surface area contributed by atoms with Crippen molar-refractivity contribution in [2.75, 3.05) is 19.8 Å². The number of nitrogens with zero attached hydrogens (tertiary/aromatic N) is 1. The summed E-state index contributed by atoms with van der Waals surface area (Å²) in [6.07, 6.45) is 5.02. The van der Waals surface area contributed by atoms with Gasteiger partial charge in [0.25, 0.3) is 0 Å². The summed E-state index contributed by atoms with van der Waals surface area (Å²) in [6.45, 7) is 0.867. The maximum atomic E-state index is 11.8. The summed E-state index contributed by atoms with van der Waals surface area (Å²) in [5, 5.41) is 17.4. The van der Waals surface area contributed by atoms with Crippen molar-refractivity contribution >= 4 is 5.91 Å². The lowest BCUT2D eigenvalue weighted by atomic mass is 9.91. The Balaban J connectivity index is 2.35. The van der Waals surface area contributed by atoms with Crippen LogP contribution in [0.15, 0.2) is 0 Å². The number of amides is 1. The van der Waals surface area contributed by atoms with Crippen LogP contribution in [-0.4, -0.2) is 46.8 Å². The van der Waals surface area contributed by atoms with Gasteiger partial charge in [-0.3, -0.25) is 4.79 Å². The minimum absolute atomic E-state index is 0.0737. The van der Waals surface area contributed by atoms with Gasteiger partial charge in [-0.25, -0.2) is 0 Å². The normalized spacial score (nSPS) is 16.1. The minimum Gasteiger partial charge on any atom is -0.396 e. The average molecular weight is 215 g/mol. The average Bonchev–Trinajstić information content (AvgIpc) is 2.17. The van der Waals surface area contributed by atoms with Crippen molar-refractivity contribution in [2.24, 2.45) is 0 Å². The Morgan fingerprint density at radius 2 is 1.87 bits per heavy atom. The van der Waals surface area contributed by atoms with Crippen molar-refractivity contribution in [3.63, 3.8) is 0 Å². The Hall–Kier alpha value is -0.610. The van der Waals surface area contributed by atoms with Gasteiger partial charge >= 0.3 is 0 Å². The third-order valence-corrected chi connectivity index (χ3v) is 2.94. The summed E-state index contributed by atoms with van der Waals surface area (Å²) in [4.78, 5) is 13.7. The monoisotopic (exact) mass is 215 g/mol. The standard InChI is InChI=1S/C11H21NO3/c13-8-2-6-11(15)12(7-3-9-14)10-4-1-5-10/h10,13-14H,1-9H2. The molecule has 1 fully saturated rings. The fourth-order valence-corrected chi connectivity index (χ4v) is 1.82. The second-order valence-corrected chi connectivity index (χ2v) is 4.08. The molecular weight excluding hydrogens is 194 g/mol. The lowest BCUT2D eigenvalue weighted by Crippen LogP contribution is -2.44. The molecule has 1 amide bonds. The molecule has 0 aliphatic heterocycles. The molecule has 1 aliphatic carbocycles. The number of rotatable bonds is 7. The smallest absolute Gasteiger partial charge is 0.222 e. The topological polar surface area (TPSA) is 60.8 Å². The minimum atomic E-state index is 0.0737. The second kappa shape index (κ2) is 6.80. The van der Waals surface area contributed by atoms with E-state index in [2.05, 4.69) is 0 Å². The molecule has 0 spiro atoms. The molecule has 0 radical (unpaired) electrons. The van der Waals surface area contributed by atoms with Gasteiger partial charge < -0.3 is 15.1 Å². The van der Waals surface area contributed by atoms with Crippen LogP contribution in [0.3, 0.4) is 0 Å². The van der Waals surface area contributed by atoms with Crippen molar-refractivity contribution < 1.29 is 15.0 Å². The van der Waals surface area contributed by atoms with Crippen LogP contribution in [0.4, 0.5) is 0 Å². The number of carbonyl (C=O) groups is 1. The van der Waals surface area contributed by atoms with Gasteiger partial charge in [0, 0.05) is 32.2 Å². The van der Waals surface area contributed by atoms with E-state index < -0.39 is 0 Å². The van der Waals surface area contributed by atoms with Crippen LogP contribution in [0.5, 0.6) is 0 Å². The molecule has 1 saturated carbocycles. The van der Waals surface area contributed by atoms with Crippen LogP contribution in [-0.2, 0) is 4.79 Å². The van der Waals surface area contributed by atoms with Gasteiger partial charge in [0.1, 0.15) is 0 Å². The van der Waals surface area contributed by atoms with Gasteiger partial charge in [-0.1, -0.05) is 0 Å². The molecule has 0 aromatic rings. The lowest BCUT2D eigenvalue weighted by molar-refractivity contribution is -0.135. The van der Waals surface area contributed by atoms with Gasteiger partial charge in [-0.15, -0.1) is 0 Å². The number of aliphatic hydroxyl groups excluding tert-OH is 2. The van der Waals surface area contributed by atoms with Gasteiger partial charge in [-0.2, -0.15) is 0 Å². The molecule has 0 aromatic carbocycles. The summed E-state index contributed by atoms with van der Waals surface area (Å²) in [5.74, 6) is 0.127. The number of aliphatic hydroxyl groups is 2. The summed E-state index contributed by atoms with van der Waals surface area (Å²) >= 11 is 0. The first-order chi connectivity index (χ1) is 7.29. The highest BCUT2D eigenvalue weighted by Crippen LogP contribution is 2.25. The van der Waals surface area contributed by atoms with Crippen LogP contribution >= 0.6 is 0 Å². The van der Waals surface area contributed by atoms with E-state index in [4.69, 9.17) is 10.2 Å². The van der Waals surface area contributed by atoms with E-state index >= 15 is 0 Å². The molecule has 0 heterocycles. The van der Waals surface area contributed by atoms with E-state index in [-0.39, 0.29) is 19.1 Å². The second-order valence-electron chi connectivity index (χ2n) is 4.08. The van der Waals surface area contributed by atoms with E-state index in [9.17, 15) is 4.79 Å². The Kier molecular flexibility index (Phi) is 5.65. The highest BCUT2D eigenvalue weighted by molar-refractivity contribution is 5.76.